The van der Waals surface area contributed by atoms with Crippen molar-refractivity contribution in [2.75, 3.05) is 0 Å². The monoisotopic (exact) mass is 548 g/mol. The summed E-state index contributed by atoms with van der Waals surface area (Å²) in [5, 5.41) is 0. The van der Waals surface area contributed by atoms with E-state index in [0.717, 1.165) is 29.3 Å². The number of esters is 1. The summed E-state index contributed by atoms with van der Waals surface area (Å²) in [6, 6.07) is 7.76. The smallest absolute Gasteiger partial charge is 0.338 e. The van der Waals surface area contributed by atoms with Crippen molar-refractivity contribution in [1.29, 1.82) is 0 Å². The molecule has 1 aromatic rings. The minimum Gasteiger partial charge on any atom is -0.458 e. The highest BCUT2D eigenvalue weighted by Crippen LogP contribution is 2.67. The molecule has 0 heterocycles. The predicted molar refractivity (Wildman–Crippen MR) is 134 cm³/mol. The summed E-state index contributed by atoms with van der Waals surface area (Å²) >= 11 is 2.26. The number of carbonyl (C=O) groups excluding carboxylic acids is 2. The molecule has 0 bridgehead atoms. The van der Waals surface area contributed by atoms with E-state index in [2.05, 4.69) is 36.4 Å². The van der Waals surface area contributed by atoms with Crippen molar-refractivity contribution in [3.05, 3.63) is 33.4 Å². The molecule has 4 fully saturated rings. The number of Topliss-reactive ketones (excluding diaryl/α,β-unsaturated/α-hetero) is 1. The molecule has 0 radical (unpaired) electrons. The number of hydrogen-bond acceptors (Lipinski definition) is 3. The van der Waals surface area contributed by atoms with Crippen molar-refractivity contribution < 1.29 is 14.3 Å². The zero-order valence-corrected chi connectivity index (χ0v) is 21.9. The van der Waals surface area contributed by atoms with Crippen molar-refractivity contribution in [1.82, 2.24) is 0 Å². The Morgan fingerprint density at radius 3 is 2.56 bits per heavy atom. The summed E-state index contributed by atoms with van der Waals surface area (Å²) in [6.07, 6.45) is 10.6. The first-order valence-electron chi connectivity index (χ1n) is 12.7. The van der Waals surface area contributed by atoms with Gasteiger partial charge < -0.3 is 4.74 Å². The Bertz CT molecular complexity index is 912. The minimum atomic E-state index is -0.157. The van der Waals surface area contributed by atoms with E-state index in [1.165, 1.54) is 32.1 Å². The zero-order valence-electron chi connectivity index (χ0n) is 19.7. The van der Waals surface area contributed by atoms with E-state index in [9.17, 15) is 9.59 Å². The number of ketones is 1. The Hall–Kier alpha value is -0.910. The van der Waals surface area contributed by atoms with E-state index in [1.54, 1.807) is 0 Å². The van der Waals surface area contributed by atoms with Gasteiger partial charge in [-0.25, -0.2) is 4.79 Å². The molecule has 0 N–H and O–H groups in total. The average molecular weight is 549 g/mol. The van der Waals surface area contributed by atoms with Gasteiger partial charge in [-0.2, -0.15) is 0 Å². The summed E-state index contributed by atoms with van der Waals surface area (Å²) in [7, 11) is 0. The largest absolute Gasteiger partial charge is 0.458 e. The number of rotatable bonds is 3. The van der Waals surface area contributed by atoms with Gasteiger partial charge in [-0.1, -0.05) is 19.9 Å². The van der Waals surface area contributed by atoms with E-state index in [4.69, 9.17) is 4.74 Å². The van der Waals surface area contributed by atoms with Gasteiger partial charge in [0.15, 0.2) is 0 Å². The lowest BCUT2D eigenvalue weighted by molar-refractivity contribution is -0.166. The summed E-state index contributed by atoms with van der Waals surface area (Å²) in [5.74, 6) is 3.09. The maximum Gasteiger partial charge on any atom is 0.338 e. The molecule has 4 aliphatic rings. The van der Waals surface area contributed by atoms with Crippen molar-refractivity contribution in [2.24, 2.45) is 40.4 Å². The van der Waals surface area contributed by atoms with Crippen molar-refractivity contribution in [3.63, 3.8) is 0 Å². The topological polar surface area (TPSA) is 43.4 Å². The Balaban J connectivity index is 1.42. The van der Waals surface area contributed by atoms with Crippen LogP contribution in [-0.4, -0.2) is 17.9 Å². The zero-order chi connectivity index (χ0) is 22.7. The molecule has 3 nitrogen and oxygen atoms in total. The summed E-state index contributed by atoms with van der Waals surface area (Å²) in [4.78, 5) is 25.6. The molecular weight excluding hydrogens is 511 g/mol. The van der Waals surface area contributed by atoms with Gasteiger partial charge in [0.05, 0.1) is 5.56 Å². The number of carbonyl (C=O) groups is 2. The van der Waals surface area contributed by atoms with Crippen LogP contribution in [0, 0.1) is 44.0 Å². The lowest BCUT2D eigenvalue weighted by Gasteiger charge is -2.62. The second-order valence-electron chi connectivity index (χ2n) is 11.6. The van der Waals surface area contributed by atoms with Crippen LogP contribution in [0.15, 0.2) is 24.3 Å². The van der Waals surface area contributed by atoms with Crippen LogP contribution >= 0.6 is 22.6 Å². The number of benzene rings is 1. The Labute approximate surface area is 206 Å². The first-order chi connectivity index (χ1) is 15.2. The normalized spacial score (nSPS) is 43.0. The molecule has 32 heavy (non-hydrogen) atoms. The second-order valence-corrected chi connectivity index (χ2v) is 12.9. The molecule has 174 valence electrons. The van der Waals surface area contributed by atoms with Crippen LogP contribution in [0.5, 0.6) is 0 Å². The van der Waals surface area contributed by atoms with Crippen molar-refractivity contribution >= 4 is 34.3 Å². The number of ether oxygens (including phenoxy) is 1. The van der Waals surface area contributed by atoms with E-state index in [1.807, 2.05) is 31.2 Å². The standard InChI is InChI=1S/C28H37IO3/c1-17(30)22-12-13-23-21-11-10-19-7-5-9-25(28(19,3)24(21)14-15-27(22,23)2)32-26(31)18-6-4-8-20(29)16-18/h4,6,8,16,19,21-25H,5,7,9-15H2,1-3H3/t19-,21+,22-,23+,24+,25?,27-,28+/m1/s1. The summed E-state index contributed by atoms with van der Waals surface area (Å²) < 4.78 is 7.42. The number of hydrogen-bond donors (Lipinski definition) is 0. The molecule has 0 aromatic heterocycles. The maximum absolute atomic E-state index is 13.1. The number of halogens is 1. The van der Waals surface area contributed by atoms with Crippen LogP contribution in [0.25, 0.3) is 0 Å². The van der Waals surface area contributed by atoms with Gasteiger partial charge in [0, 0.05) is 14.9 Å². The average Bonchev–Trinajstić information content (AvgIpc) is 3.12. The van der Waals surface area contributed by atoms with Crippen LogP contribution in [0.1, 0.15) is 88.9 Å². The molecule has 0 spiro atoms. The lowest BCUT2D eigenvalue weighted by atomic mass is 9.44. The Morgan fingerprint density at radius 2 is 1.81 bits per heavy atom. The molecule has 1 aromatic carbocycles. The van der Waals surface area contributed by atoms with Crippen LogP contribution < -0.4 is 0 Å². The second kappa shape index (κ2) is 8.39. The van der Waals surface area contributed by atoms with Gasteiger partial charge in [-0.05, 0) is 135 Å². The van der Waals surface area contributed by atoms with Crippen LogP contribution in [0.2, 0.25) is 0 Å². The van der Waals surface area contributed by atoms with Crippen molar-refractivity contribution in [2.45, 2.75) is 84.7 Å². The van der Waals surface area contributed by atoms with Gasteiger partial charge in [-0.3, -0.25) is 4.79 Å². The highest BCUT2D eigenvalue weighted by molar-refractivity contribution is 14.1. The van der Waals surface area contributed by atoms with Crippen LogP contribution in [-0.2, 0) is 9.53 Å². The van der Waals surface area contributed by atoms with Gasteiger partial charge in [-0.15, -0.1) is 0 Å². The van der Waals surface area contributed by atoms with Crippen LogP contribution in [0.4, 0.5) is 0 Å². The first kappa shape index (κ1) is 22.9. The SMILES string of the molecule is CC(=O)[C@H]1CC[C@H]2[C@@H]3CC[C@H]4CCCC(OC(=O)c5cccc(I)c5)[C@]4(C)[C@H]3CC[C@]12C. The highest BCUT2D eigenvalue weighted by Gasteiger charge is 2.62. The highest BCUT2D eigenvalue weighted by atomic mass is 127. The quantitative estimate of drug-likeness (QED) is 0.300. The molecule has 1 unspecified atom stereocenters. The van der Waals surface area contributed by atoms with Gasteiger partial charge >= 0.3 is 5.97 Å². The summed E-state index contributed by atoms with van der Waals surface area (Å²) in [5.41, 5.74) is 0.915. The Morgan fingerprint density at radius 1 is 1.00 bits per heavy atom. The molecule has 0 amide bonds. The lowest BCUT2D eigenvalue weighted by Crippen LogP contribution is -2.58. The molecule has 0 saturated heterocycles. The minimum absolute atomic E-state index is 0.00813. The third kappa shape index (κ3) is 3.49. The van der Waals surface area contributed by atoms with E-state index in [-0.39, 0.29) is 28.8 Å². The fourth-order valence-corrected chi connectivity index (χ4v) is 9.50. The predicted octanol–water partition coefficient (Wildman–Crippen LogP) is 7.06. The van der Waals surface area contributed by atoms with E-state index in [0.29, 0.717) is 35.0 Å². The third-order valence-electron chi connectivity index (χ3n) is 10.5. The fourth-order valence-electron chi connectivity index (χ4n) is 8.95. The molecule has 4 saturated carbocycles. The Kier molecular flexibility index (Phi) is 5.99. The molecule has 5 rings (SSSR count). The molecule has 8 atom stereocenters. The maximum atomic E-state index is 13.1. The van der Waals surface area contributed by atoms with Gasteiger partial charge in [0.1, 0.15) is 11.9 Å². The first-order valence-corrected chi connectivity index (χ1v) is 13.8. The van der Waals surface area contributed by atoms with Crippen LogP contribution in [0.3, 0.4) is 0 Å². The molecular formula is C28H37IO3. The molecule has 4 aliphatic carbocycles. The van der Waals surface area contributed by atoms with E-state index < -0.39 is 0 Å². The molecule has 0 aliphatic heterocycles. The van der Waals surface area contributed by atoms with Gasteiger partial charge in [0.2, 0.25) is 0 Å². The van der Waals surface area contributed by atoms with Crippen molar-refractivity contribution in [3.8, 4) is 0 Å². The van der Waals surface area contributed by atoms with E-state index >= 15 is 0 Å². The fraction of sp³-hybridized carbons (Fsp3) is 0.714. The van der Waals surface area contributed by atoms with Gasteiger partial charge in [0.25, 0.3) is 0 Å². The summed E-state index contributed by atoms with van der Waals surface area (Å²) in [6.45, 7) is 6.68. The molecule has 4 heteroatoms. The number of fused-ring (bicyclic) bond motifs is 5. The third-order valence-corrected chi connectivity index (χ3v) is 11.1.